The summed E-state index contributed by atoms with van der Waals surface area (Å²) in [6.45, 7) is 4.65. The minimum atomic E-state index is -0.177. The lowest BCUT2D eigenvalue weighted by atomic mass is 10.0. The molecule has 1 amide bonds. The lowest BCUT2D eigenvalue weighted by molar-refractivity contribution is -0.119. The van der Waals surface area contributed by atoms with E-state index in [4.69, 9.17) is 10.5 Å². The van der Waals surface area contributed by atoms with E-state index in [0.29, 0.717) is 30.2 Å². The number of nitrogens with two attached hydrogens (primary N) is 1. The number of ether oxygens (including phenoxy) is 1. The first-order valence-electron chi connectivity index (χ1n) is 7.03. The van der Waals surface area contributed by atoms with Crippen LogP contribution in [-0.4, -0.2) is 24.2 Å². The van der Waals surface area contributed by atoms with Crippen LogP contribution in [0.1, 0.15) is 32.3 Å². The van der Waals surface area contributed by atoms with Crippen molar-refractivity contribution >= 4 is 11.6 Å². The van der Waals surface area contributed by atoms with E-state index in [2.05, 4.69) is 5.32 Å². The molecule has 0 aromatic heterocycles. The number of amides is 1. The molecule has 0 fully saturated rings. The molecule has 20 heavy (non-hydrogen) atoms. The maximum atomic E-state index is 12.1. The molecular weight excluding hydrogens is 256 g/mol. The molecule has 112 valence electrons. The zero-order chi connectivity index (χ0) is 15.0. The summed E-state index contributed by atoms with van der Waals surface area (Å²) in [6, 6.07) is 5.24. The van der Waals surface area contributed by atoms with Gasteiger partial charge in [0, 0.05) is 17.8 Å². The number of benzene rings is 1. The molecule has 0 aliphatic rings. The Bertz CT molecular complexity index is 435. The minimum absolute atomic E-state index is 0.0811. The second kappa shape index (κ2) is 8.55. The van der Waals surface area contributed by atoms with Crippen LogP contribution in [0.2, 0.25) is 0 Å². The third-order valence-electron chi connectivity index (χ3n) is 3.09. The number of carbonyl (C=O) groups excluding carboxylic acids is 1. The first kappa shape index (κ1) is 16.5. The fraction of sp³-hybridized carbons (Fsp3) is 0.533. The molecule has 5 heteroatoms. The Morgan fingerprint density at radius 3 is 2.75 bits per heavy atom. The Labute approximate surface area is 120 Å². The molecule has 1 aromatic carbocycles. The minimum Gasteiger partial charge on any atom is -0.494 e. The molecule has 5 nitrogen and oxygen atoms in total. The fourth-order valence-corrected chi connectivity index (χ4v) is 2.03. The molecule has 0 saturated carbocycles. The molecule has 1 rings (SSSR count). The SMILES string of the molecule is CCCC(CN)C(=O)Nc1ccc(OCC)c(CO)c1. The number of nitrogens with one attached hydrogen (secondary N) is 1. The number of carbonyl (C=O) groups is 1. The largest absolute Gasteiger partial charge is 0.494 e. The maximum absolute atomic E-state index is 12.1. The van der Waals surface area contributed by atoms with Gasteiger partial charge in [-0.15, -0.1) is 0 Å². The summed E-state index contributed by atoms with van der Waals surface area (Å²) in [5.74, 6) is 0.378. The van der Waals surface area contributed by atoms with E-state index in [9.17, 15) is 9.90 Å². The summed E-state index contributed by atoms with van der Waals surface area (Å²) in [5.41, 5.74) is 6.92. The zero-order valence-electron chi connectivity index (χ0n) is 12.2. The predicted molar refractivity (Wildman–Crippen MR) is 79.6 cm³/mol. The second-order valence-corrected chi connectivity index (χ2v) is 4.62. The van der Waals surface area contributed by atoms with Crippen molar-refractivity contribution in [2.75, 3.05) is 18.5 Å². The zero-order valence-corrected chi connectivity index (χ0v) is 12.2. The molecular formula is C15H24N2O3. The van der Waals surface area contributed by atoms with Crippen LogP contribution in [0.15, 0.2) is 18.2 Å². The number of rotatable bonds is 8. The van der Waals surface area contributed by atoms with E-state index in [-0.39, 0.29) is 18.4 Å². The van der Waals surface area contributed by atoms with Crippen LogP contribution in [0.3, 0.4) is 0 Å². The summed E-state index contributed by atoms with van der Waals surface area (Å²) >= 11 is 0. The molecule has 0 bridgehead atoms. The van der Waals surface area contributed by atoms with Crippen LogP contribution < -0.4 is 15.8 Å². The lowest BCUT2D eigenvalue weighted by Gasteiger charge is -2.15. The molecule has 0 aliphatic heterocycles. The normalized spacial score (nSPS) is 12.0. The first-order chi connectivity index (χ1) is 9.65. The van der Waals surface area contributed by atoms with E-state index >= 15 is 0 Å². The van der Waals surface area contributed by atoms with Gasteiger partial charge in [0.1, 0.15) is 5.75 Å². The molecule has 1 unspecified atom stereocenters. The van der Waals surface area contributed by atoms with Gasteiger partial charge < -0.3 is 20.9 Å². The average molecular weight is 280 g/mol. The predicted octanol–water partition coefficient (Wildman–Crippen LogP) is 1.89. The van der Waals surface area contributed by atoms with Crippen molar-refractivity contribution in [1.29, 1.82) is 0 Å². The van der Waals surface area contributed by atoms with Gasteiger partial charge in [0.15, 0.2) is 0 Å². The highest BCUT2D eigenvalue weighted by Gasteiger charge is 2.16. The third-order valence-corrected chi connectivity index (χ3v) is 3.09. The van der Waals surface area contributed by atoms with E-state index < -0.39 is 0 Å². The van der Waals surface area contributed by atoms with Crippen molar-refractivity contribution in [3.63, 3.8) is 0 Å². The molecule has 4 N–H and O–H groups in total. The summed E-state index contributed by atoms with van der Waals surface area (Å²) < 4.78 is 5.40. The Morgan fingerprint density at radius 1 is 1.45 bits per heavy atom. The van der Waals surface area contributed by atoms with Crippen molar-refractivity contribution in [3.05, 3.63) is 23.8 Å². The monoisotopic (exact) mass is 280 g/mol. The molecule has 0 aliphatic carbocycles. The van der Waals surface area contributed by atoms with E-state index in [1.54, 1.807) is 18.2 Å². The van der Waals surface area contributed by atoms with Crippen LogP contribution >= 0.6 is 0 Å². The number of aliphatic hydroxyl groups is 1. The Balaban J connectivity index is 2.79. The Kier molecular flexibility index (Phi) is 7.04. The Morgan fingerprint density at radius 2 is 2.20 bits per heavy atom. The highest BCUT2D eigenvalue weighted by molar-refractivity contribution is 5.92. The van der Waals surface area contributed by atoms with Gasteiger partial charge >= 0.3 is 0 Å². The quantitative estimate of drug-likeness (QED) is 0.679. The van der Waals surface area contributed by atoms with Gasteiger partial charge in [-0.25, -0.2) is 0 Å². The van der Waals surface area contributed by atoms with Gasteiger partial charge in [-0.3, -0.25) is 4.79 Å². The molecule has 1 atom stereocenters. The number of hydrogen-bond acceptors (Lipinski definition) is 4. The van der Waals surface area contributed by atoms with Gasteiger partial charge in [0.2, 0.25) is 5.91 Å². The van der Waals surface area contributed by atoms with Gasteiger partial charge in [0.05, 0.1) is 19.1 Å². The van der Waals surface area contributed by atoms with Crippen LogP contribution in [0.4, 0.5) is 5.69 Å². The summed E-state index contributed by atoms with van der Waals surface area (Å²) in [7, 11) is 0. The fourth-order valence-electron chi connectivity index (χ4n) is 2.03. The average Bonchev–Trinajstić information content (AvgIpc) is 2.46. The second-order valence-electron chi connectivity index (χ2n) is 4.62. The summed E-state index contributed by atoms with van der Waals surface area (Å²) in [5, 5.41) is 12.2. The number of aliphatic hydroxyl groups excluding tert-OH is 1. The van der Waals surface area contributed by atoms with Crippen molar-refractivity contribution in [2.24, 2.45) is 11.7 Å². The van der Waals surface area contributed by atoms with Crippen molar-refractivity contribution in [3.8, 4) is 5.75 Å². The van der Waals surface area contributed by atoms with Crippen LogP contribution in [-0.2, 0) is 11.4 Å². The summed E-state index contributed by atoms with van der Waals surface area (Å²) in [4.78, 5) is 12.1. The highest BCUT2D eigenvalue weighted by atomic mass is 16.5. The highest BCUT2D eigenvalue weighted by Crippen LogP contribution is 2.23. The van der Waals surface area contributed by atoms with Crippen LogP contribution in [0.25, 0.3) is 0 Å². The molecule has 0 saturated heterocycles. The van der Waals surface area contributed by atoms with Crippen molar-refractivity contribution < 1.29 is 14.6 Å². The lowest BCUT2D eigenvalue weighted by Crippen LogP contribution is -2.29. The maximum Gasteiger partial charge on any atom is 0.228 e. The van der Waals surface area contributed by atoms with E-state index in [0.717, 1.165) is 12.8 Å². The van der Waals surface area contributed by atoms with E-state index in [1.165, 1.54) is 0 Å². The van der Waals surface area contributed by atoms with E-state index in [1.807, 2.05) is 13.8 Å². The number of hydrogen-bond donors (Lipinski definition) is 3. The molecule has 1 aromatic rings. The van der Waals surface area contributed by atoms with Gasteiger partial charge in [-0.1, -0.05) is 13.3 Å². The summed E-state index contributed by atoms with van der Waals surface area (Å²) in [6.07, 6.45) is 1.69. The molecule has 0 spiro atoms. The third kappa shape index (κ3) is 4.51. The van der Waals surface area contributed by atoms with Crippen LogP contribution in [0.5, 0.6) is 5.75 Å². The van der Waals surface area contributed by atoms with Gasteiger partial charge in [-0.2, -0.15) is 0 Å². The topological polar surface area (TPSA) is 84.6 Å². The van der Waals surface area contributed by atoms with Crippen LogP contribution in [0, 0.1) is 5.92 Å². The van der Waals surface area contributed by atoms with Gasteiger partial charge in [-0.05, 0) is 31.5 Å². The first-order valence-corrected chi connectivity index (χ1v) is 7.03. The number of anilines is 1. The molecule has 0 heterocycles. The van der Waals surface area contributed by atoms with Crippen molar-refractivity contribution in [1.82, 2.24) is 0 Å². The smallest absolute Gasteiger partial charge is 0.228 e. The van der Waals surface area contributed by atoms with Crippen molar-refractivity contribution in [2.45, 2.75) is 33.3 Å². The standard InChI is InChI=1S/C15H24N2O3/c1-3-5-11(9-16)15(19)17-13-6-7-14(20-4-2)12(8-13)10-18/h6-8,11,18H,3-5,9-10,16H2,1-2H3,(H,17,19). The Hall–Kier alpha value is -1.59. The van der Waals surface area contributed by atoms with Gasteiger partial charge in [0.25, 0.3) is 0 Å². The molecule has 0 radical (unpaired) electrons.